The molecule has 0 unspecified atom stereocenters. The summed E-state index contributed by atoms with van der Waals surface area (Å²) in [5, 5.41) is 14.2. The van der Waals surface area contributed by atoms with Crippen LogP contribution >= 0.6 is 35.5 Å². The van der Waals surface area contributed by atoms with E-state index in [-0.39, 0.29) is 30.0 Å². The van der Waals surface area contributed by atoms with Gasteiger partial charge >= 0.3 is 5.97 Å². The van der Waals surface area contributed by atoms with E-state index in [9.17, 15) is 9.59 Å². The van der Waals surface area contributed by atoms with Gasteiger partial charge in [0.2, 0.25) is 5.13 Å². The third kappa shape index (κ3) is 5.55. The molecule has 0 saturated carbocycles. The smallest absolute Gasteiger partial charge is 0.316 e. The van der Waals surface area contributed by atoms with Crippen LogP contribution < -0.4 is 10.6 Å². The Kier molecular flexibility index (Phi) is 8.92. The fourth-order valence-corrected chi connectivity index (χ4v) is 3.75. The summed E-state index contributed by atoms with van der Waals surface area (Å²) in [6.45, 7) is 3.58. The second kappa shape index (κ2) is 10.1. The molecule has 0 aromatic carbocycles. The van der Waals surface area contributed by atoms with Crippen LogP contribution in [-0.2, 0) is 19.1 Å². The number of methoxy groups -OCH3 is 1. The van der Waals surface area contributed by atoms with Crippen molar-refractivity contribution in [3.63, 3.8) is 0 Å². The van der Waals surface area contributed by atoms with Crippen molar-refractivity contribution in [2.75, 3.05) is 37.9 Å². The van der Waals surface area contributed by atoms with Crippen LogP contribution in [0, 0.1) is 0 Å². The van der Waals surface area contributed by atoms with Gasteiger partial charge in [0, 0.05) is 7.11 Å². The Morgan fingerprint density at radius 1 is 1.38 bits per heavy atom. The van der Waals surface area contributed by atoms with Crippen molar-refractivity contribution < 1.29 is 19.1 Å². The second-order valence-electron chi connectivity index (χ2n) is 4.87. The van der Waals surface area contributed by atoms with Gasteiger partial charge in [-0.15, -0.1) is 22.6 Å². The van der Waals surface area contributed by atoms with Crippen molar-refractivity contribution in [1.82, 2.24) is 15.5 Å². The maximum Gasteiger partial charge on any atom is 0.316 e. The van der Waals surface area contributed by atoms with E-state index < -0.39 is 5.60 Å². The van der Waals surface area contributed by atoms with Gasteiger partial charge in [-0.3, -0.25) is 14.9 Å². The molecule has 0 bridgehead atoms. The Labute approximate surface area is 154 Å². The lowest BCUT2D eigenvalue weighted by molar-refractivity contribution is -0.141. The summed E-state index contributed by atoms with van der Waals surface area (Å²) in [6.07, 6.45) is 1.22. The molecule has 1 fully saturated rings. The molecular weight excluding hydrogens is 376 g/mol. The number of halogens is 1. The first-order valence-electron chi connectivity index (χ1n) is 7.29. The molecule has 0 atom stereocenters. The van der Waals surface area contributed by atoms with Crippen molar-refractivity contribution in [1.29, 1.82) is 0 Å². The monoisotopic (exact) mass is 396 g/mol. The molecule has 0 radical (unpaired) electrons. The molecule has 1 saturated heterocycles. The van der Waals surface area contributed by atoms with Crippen LogP contribution in [0.15, 0.2) is 4.34 Å². The fourth-order valence-electron chi connectivity index (χ4n) is 2.21. The molecule has 136 valence electrons. The molecule has 1 aliphatic rings. The molecule has 1 aromatic heterocycles. The molecule has 24 heavy (non-hydrogen) atoms. The van der Waals surface area contributed by atoms with Crippen molar-refractivity contribution in [3.8, 4) is 0 Å². The van der Waals surface area contributed by atoms with E-state index in [1.807, 2.05) is 0 Å². The highest BCUT2D eigenvalue weighted by atomic mass is 35.5. The van der Waals surface area contributed by atoms with E-state index >= 15 is 0 Å². The molecular formula is C13H21ClN4O4S2. The minimum atomic E-state index is -0.824. The number of anilines is 1. The van der Waals surface area contributed by atoms with E-state index in [4.69, 9.17) is 9.47 Å². The molecule has 2 heterocycles. The van der Waals surface area contributed by atoms with Gasteiger partial charge < -0.3 is 14.8 Å². The Balaban J connectivity index is 0.00000288. The van der Waals surface area contributed by atoms with Crippen molar-refractivity contribution in [2.45, 2.75) is 29.7 Å². The molecule has 2 rings (SSSR count). The average Bonchev–Trinajstić information content (AvgIpc) is 3.01. The average molecular weight is 397 g/mol. The predicted octanol–water partition coefficient (Wildman–Crippen LogP) is 1.32. The highest BCUT2D eigenvalue weighted by Gasteiger charge is 2.40. The Hall–Kier alpha value is -0.940. The SMILES string of the molecule is CCOC(=O)CSc1nnc(NC(=O)C2(OC)CCNCC2)s1.Cl. The minimum Gasteiger partial charge on any atom is -0.465 e. The van der Waals surface area contributed by atoms with E-state index in [0.29, 0.717) is 28.9 Å². The van der Waals surface area contributed by atoms with E-state index in [2.05, 4.69) is 20.8 Å². The largest absolute Gasteiger partial charge is 0.465 e. The highest BCUT2D eigenvalue weighted by Crippen LogP contribution is 2.28. The number of aromatic nitrogens is 2. The van der Waals surface area contributed by atoms with Crippen LogP contribution in [0.5, 0.6) is 0 Å². The van der Waals surface area contributed by atoms with Gasteiger partial charge in [0.15, 0.2) is 4.34 Å². The molecule has 11 heteroatoms. The fraction of sp³-hybridized carbons (Fsp3) is 0.692. The summed E-state index contributed by atoms with van der Waals surface area (Å²) >= 11 is 2.46. The summed E-state index contributed by atoms with van der Waals surface area (Å²) in [5.74, 6) is -0.338. The number of thioether (sulfide) groups is 1. The van der Waals surface area contributed by atoms with Gasteiger partial charge in [-0.05, 0) is 32.9 Å². The zero-order valence-corrected chi connectivity index (χ0v) is 15.9. The third-order valence-electron chi connectivity index (χ3n) is 3.46. The van der Waals surface area contributed by atoms with Crippen LogP contribution in [0.1, 0.15) is 19.8 Å². The molecule has 0 aliphatic carbocycles. The van der Waals surface area contributed by atoms with Gasteiger partial charge in [-0.25, -0.2) is 0 Å². The Morgan fingerprint density at radius 3 is 2.71 bits per heavy atom. The van der Waals surface area contributed by atoms with Gasteiger partial charge in [0.25, 0.3) is 5.91 Å². The lowest BCUT2D eigenvalue weighted by Gasteiger charge is -2.34. The highest BCUT2D eigenvalue weighted by molar-refractivity contribution is 8.01. The maximum atomic E-state index is 12.5. The first-order valence-corrected chi connectivity index (χ1v) is 9.09. The number of ether oxygens (including phenoxy) is 2. The van der Waals surface area contributed by atoms with Gasteiger partial charge in [-0.1, -0.05) is 23.1 Å². The van der Waals surface area contributed by atoms with E-state index in [1.54, 1.807) is 14.0 Å². The van der Waals surface area contributed by atoms with Crippen molar-refractivity contribution >= 4 is 52.5 Å². The number of carbonyl (C=O) groups is 2. The lowest BCUT2D eigenvalue weighted by Crippen LogP contribution is -2.51. The number of esters is 1. The second-order valence-corrected chi connectivity index (χ2v) is 7.07. The van der Waals surface area contributed by atoms with Gasteiger partial charge in [0.1, 0.15) is 5.60 Å². The van der Waals surface area contributed by atoms with E-state index in [1.165, 1.54) is 23.1 Å². The molecule has 1 aromatic rings. The van der Waals surface area contributed by atoms with Crippen LogP contribution in [0.2, 0.25) is 0 Å². The summed E-state index contributed by atoms with van der Waals surface area (Å²) in [5.41, 5.74) is -0.824. The topological polar surface area (TPSA) is 102 Å². The molecule has 8 nitrogen and oxygen atoms in total. The van der Waals surface area contributed by atoms with Gasteiger partial charge in [0.05, 0.1) is 12.4 Å². The minimum absolute atomic E-state index is 0. The normalized spacial score (nSPS) is 16.1. The number of hydrogen-bond donors (Lipinski definition) is 2. The number of hydrogen-bond acceptors (Lipinski definition) is 9. The molecule has 1 aliphatic heterocycles. The van der Waals surface area contributed by atoms with Crippen LogP contribution in [0.25, 0.3) is 0 Å². The summed E-state index contributed by atoms with van der Waals surface area (Å²) in [7, 11) is 1.55. The number of piperidine rings is 1. The van der Waals surface area contributed by atoms with E-state index in [0.717, 1.165) is 13.1 Å². The zero-order valence-electron chi connectivity index (χ0n) is 13.5. The van der Waals surface area contributed by atoms with Gasteiger partial charge in [-0.2, -0.15) is 0 Å². The summed E-state index contributed by atoms with van der Waals surface area (Å²) < 4.78 is 10.9. The van der Waals surface area contributed by atoms with Crippen molar-refractivity contribution in [2.24, 2.45) is 0 Å². The quantitative estimate of drug-likeness (QED) is 0.404. The Morgan fingerprint density at radius 2 is 2.08 bits per heavy atom. The number of rotatable bonds is 7. The lowest BCUT2D eigenvalue weighted by atomic mass is 9.91. The third-order valence-corrected chi connectivity index (χ3v) is 5.41. The first kappa shape index (κ1) is 21.1. The maximum absolute atomic E-state index is 12.5. The van der Waals surface area contributed by atoms with Crippen LogP contribution in [0.3, 0.4) is 0 Å². The van der Waals surface area contributed by atoms with Crippen LogP contribution in [-0.4, -0.2) is 60.2 Å². The van der Waals surface area contributed by atoms with Crippen LogP contribution in [0.4, 0.5) is 5.13 Å². The molecule has 0 spiro atoms. The number of nitrogens with zero attached hydrogens (tertiary/aromatic N) is 2. The Bertz CT molecular complexity index is 552. The first-order chi connectivity index (χ1) is 11.1. The zero-order chi connectivity index (χ0) is 16.7. The standard InChI is InChI=1S/C13H20N4O4S2.ClH/c1-3-21-9(18)8-22-12-17-16-11(23-12)15-10(19)13(20-2)4-6-14-7-5-13;/h14H,3-8H2,1-2H3,(H,15,16,19);1H. The molecule has 2 N–H and O–H groups in total. The van der Waals surface area contributed by atoms with Crippen molar-refractivity contribution in [3.05, 3.63) is 0 Å². The summed E-state index contributed by atoms with van der Waals surface area (Å²) in [6, 6.07) is 0. The summed E-state index contributed by atoms with van der Waals surface area (Å²) in [4.78, 5) is 23.8. The molecule has 1 amide bonds. The predicted molar refractivity (Wildman–Crippen MR) is 95.0 cm³/mol. The number of carbonyl (C=O) groups excluding carboxylic acids is 2. The number of nitrogens with one attached hydrogen (secondary N) is 2. The number of amides is 1.